The minimum Gasteiger partial charge on any atom is -0.492 e. The Bertz CT molecular complexity index is 622. The minimum atomic E-state index is 0.403. The van der Waals surface area contributed by atoms with E-state index in [0.29, 0.717) is 18.9 Å². The van der Waals surface area contributed by atoms with Crippen LogP contribution in [-0.4, -0.2) is 29.7 Å². The third-order valence-corrected chi connectivity index (χ3v) is 3.64. The summed E-state index contributed by atoms with van der Waals surface area (Å²) in [4.78, 5) is 8.07. The fourth-order valence-corrected chi connectivity index (χ4v) is 2.59. The molecular formula is C15H18N4O. The van der Waals surface area contributed by atoms with Gasteiger partial charge in [0.25, 0.3) is 0 Å². The van der Waals surface area contributed by atoms with Crippen LogP contribution in [-0.2, 0) is 0 Å². The Morgan fingerprint density at radius 1 is 1.45 bits per heavy atom. The van der Waals surface area contributed by atoms with Crippen molar-refractivity contribution >= 4 is 11.0 Å². The number of hydrogen-bond acceptors (Lipinski definition) is 4. The average Bonchev–Trinajstić information content (AvgIpc) is 2.92. The molecule has 104 valence electrons. The largest absolute Gasteiger partial charge is 0.492 e. The van der Waals surface area contributed by atoms with Gasteiger partial charge in [-0.2, -0.15) is 5.26 Å². The molecule has 5 nitrogen and oxygen atoms in total. The summed E-state index contributed by atoms with van der Waals surface area (Å²) in [6.45, 7) is 2.52. The molecule has 5 heteroatoms. The van der Waals surface area contributed by atoms with E-state index in [0.717, 1.165) is 35.7 Å². The molecule has 2 heterocycles. The number of fused-ring (bicyclic) bond motifs is 1. The molecule has 2 N–H and O–H groups in total. The lowest BCUT2D eigenvalue weighted by molar-refractivity contribution is 0.327. The molecule has 1 atom stereocenters. The third-order valence-electron chi connectivity index (χ3n) is 3.64. The first-order valence-electron chi connectivity index (χ1n) is 7.07. The van der Waals surface area contributed by atoms with Gasteiger partial charge in [0, 0.05) is 18.5 Å². The minimum absolute atomic E-state index is 0.403. The Hall–Kier alpha value is -2.06. The first-order chi connectivity index (χ1) is 9.86. The molecule has 0 bridgehead atoms. The van der Waals surface area contributed by atoms with Crippen molar-refractivity contribution < 1.29 is 4.74 Å². The zero-order valence-electron chi connectivity index (χ0n) is 11.4. The molecule has 1 unspecified atom stereocenters. The van der Waals surface area contributed by atoms with Gasteiger partial charge >= 0.3 is 0 Å². The molecule has 0 saturated carbocycles. The predicted molar refractivity (Wildman–Crippen MR) is 76.7 cm³/mol. The molecule has 1 aliphatic rings. The van der Waals surface area contributed by atoms with Gasteiger partial charge in [-0.05, 0) is 31.5 Å². The summed E-state index contributed by atoms with van der Waals surface area (Å²) < 4.78 is 5.53. The SMILES string of the molecule is N#CCCOc1ccc2nc(C3CCCNC3)[nH]c2c1. The van der Waals surface area contributed by atoms with Crippen LogP contribution in [0.1, 0.15) is 31.0 Å². The van der Waals surface area contributed by atoms with Gasteiger partial charge in [-0.25, -0.2) is 4.98 Å². The van der Waals surface area contributed by atoms with E-state index in [1.807, 2.05) is 18.2 Å². The molecule has 2 aromatic rings. The summed E-state index contributed by atoms with van der Waals surface area (Å²) in [5.41, 5.74) is 1.97. The summed E-state index contributed by atoms with van der Waals surface area (Å²) in [6.07, 6.45) is 2.78. The number of nitrogens with zero attached hydrogens (tertiary/aromatic N) is 2. The van der Waals surface area contributed by atoms with Crippen molar-refractivity contribution in [3.05, 3.63) is 24.0 Å². The van der Waals surface area contributed by atoms with E-state index in [1.165, 1.54) is 12.8 Å². The van der Waals surface area contributed by atoms with E-state index in [2.05, 4.69) is 21.4 Å². The van der Waals surface area contributed by atoms with Crippen molar-refractivity contribution in [1.82, 2.24) is 15.3 Å². The lowest BCUT2D eigenvalue weighted by atomic mass is 9.99. The van der Waals surface area contributed by atoms with E-state index >= 15 is 0 Å². The highest BCUT2D eigenvalue weighted by atomic mass is 16.5. The van der Waals surface area contributed by atoms with Gasteiger partial charge in [0.2, 0.25) is 0 Å². The maximum absolute atomic E-state index is 8.51. The van der Waals surface area contributed by atoms with Crippen LogP contribution in [0.15, 0.2) is 18.2 Å². The Balaban J connectivity index is 1.78. The van der Waals surface area contributed by atoms with Crippen LogP contribution in [0.25, 0.3) is 11.0 Å². The summed E-state index contributed by atoms with van der Waals surface area (Å²) >= 11 is 0. The third kappa shape index (κ3) is 2.75. The molecule has 1 aliphatic heterocycles. The molecule has 0 spiro atoms. The van der Waals surface area contributed by atoms with Crippen molar-refractivity contribution in [1.29, 1.82) is 5.26 Å². The van der Waals surface area contributed by atoms with Crippen molar-refractivity contribution in [2.45, 2.75) is 25.2 Å². The van der Waals surface area contributed by atoms with Gasteiger partial charge in [0.15, 0.2) is 0 Å². The van der Waals surface area contributed by atoms with Crippen LogP contribution in [0.3, 0.4) is 0 Å². The second-order valence-corrected chi connectivity index (χ2v) is 5.10. The lowest BCUT2D eigenvalue weighted by Crippen LogP contribution is -2.28. The van der Waals surface area contributed by atoms with Gasteiger partial charge in [-0.15, -0.1) is 0 Å². The number of nitriles is 1. The summed E-state index contributed by atoms with van der Waals surface area (Å²) in [5, 5.41) is 11.9. The molecule has 0 radical (unpaired) electrons. The Labute approximate surface area is 118 Å². The van der Waals surface area contributed by atoms with Crippen LogP contribution < -0.4 is 10.1 Å². The zero-order chi connectivity index (χ0) is 13.8. The number of H-pyrrole nitrogens is 1. The smallest absolute Gasteiger partial charge is 0.121 e. The zero-order valence-corrected chi connectivity index (χ0v) is 11.4. The van der Waals surface area contributed by atoms with Gasteiger partial charge in [0.1, 0.15) is 18.2 Å². The standard InChI is InChI=1S/C15H18N4O/c16-6-2-8-20-12-4-5-13-14(9-12)19-15(18-13)11-3-1-7-17-10-11/h4-5,9,11,17H,1-3,7-8,10H2,(H,18,19). The molecule has 0 amide bonds. The van der Waals surface area contributed by atoms with Gasteiger partial charge < -0.3 is 15.0 Å². The fraction of sp³-hybridized carbons (Fsp3) is 0.467. The topological polar surface area (TPSA) is 73.7 Å². The number of aromatic amines is 1. The molecule has 0 aliphatic carbocycles. The normalized spacial score (nSPS) is 18.9. The van der Waals surface area contributed by atoms with E-state index in [-0.39, 0.29) is 0 Å². The second-order valence-electron chi connectivity index (χ2n) is 5.10. The highest BCUT2D eigenvalue weighted by Gasteiger charge is 2.18. The number of nitrogens with one attached hydrogen (secondary N) is 2. The van der Waals surface area contributed by atoms with Gasteiger partial charge in [-0.1, -0.05) is 0 Å². The van der Waals surface area contributed by atoms with Crippen LogP contribution in [0, 0.1) is 11.3 Å². The highest BCUT2D eigenvalue weighted by Crippen LogP contribution is 2.25. The lowest BCUT2D eigenvalue weighted by Gasteiger charge is -2.20. The van der Waals surface area contributed by atoms with Crippen molar-refractivity contribution in [2.24, 2.45) is 0 Å². The summed E-state index contributed by atoms with van der Waals surface area (Å²) in [7, 11) is 0. The van der Waals surface area contributed by atoms with Crippen molar-refractivity contribution in [3.63, 3.8) is 0 Å². The molecular weight excluding hydrogens is 252 g/mol. The number of ether oxygens (including phenoxy) is 1. The fourth-order valence-electron chi connectivity index (χ4n) is 2.59. The number of benzene rings is 1. The first kappa shape index (κ1) is 12.9. The first-order valence-corrected chi connectivity index (χ1v) is 7.07. The van der Waals surface area contributed by atoms with Gasteiger partial charge in [0.05, 0.1) is 23.5 Å². The molecule has 1 fully saturated rings. The molecule has 1 aromatic heterocycles. The number of rotatable bonds is 4. The number of hydrogen-bond donors (Lipinski definition) is 2. The number of piperidine rings is 1. The van der Waals surface area contributed by atoms with E-state index in [4.69, 9.17) is 10.00 Å². The maximum atomic E-state index is 8.51. The van der Waals surface area contributed by atoms with Crippen molar-refractivity contribution in [3.8, 4) is 11.8 Å². The molecule has 1 aromatic carbocycles. The van der Waals surface area contributed by atoms with Crippen molar-refractivity contribution in [2.75, 3.05) is 19.7 Å². The van der Waals surface area contributed by atoms with E-state index in [1.54, 1.807) is 0 Å². The highest BCUT2D eigenvalue weighted by molar-refractivity contribution is 5.76. The monoisotopic (exact) mass is 270 g/mol. The Morgan fingerprint density at radius 2 is 2.40 bits per heavy atom. The van der Waals surface area contributed by atoms with Crippen LogP contribution in [0.2, 0.25) is 0 Å². The summed E-state index contributed by atoms with van der Waals surface area (Å²) in [5.74, 6) is 2.31. The molecule has 20 heavy (non-hydrogen) atoms. The predicted octanol–water partition coefficient (Wildman–Crippen LogP) is 2.32. The van der Waals surface area contributed by atoms with Crippen LogP contribution >= 0.6 is 0 Å². The summed E-state index contributed by atoms with van der Waals surface area (Å²) in [6, 6.07) is 7.90. The number of aromatic nitrogens is 2. The molecule has 1 saturated heterocycles. The number of imidazole rings is 1. The van der Waals surface area contributed by atoms with Crippen LogP contribution in [0.5, 0.6) is 5.75 Å². The van der Waals surface area contributed by atoms with Crippen LogP contribution in [0.4, 0.5) is 0 Å². The van der Waals surface area contributed by atoms with E-state index < -0.39 is 0 Å². The quantitative estimate of drug-likeness (QED) is 0.836. The average molecular weight is 270 g/mol. The Morgan fingerprint density at radius 3 is 3.20 bits per heavy atom. The maximum Gasteiger partial charge on any atom is 0.121 e. The van der Waals surface area contributed by atoms with E-state index in [9.17, 15) is 0 Å². The Kier molecular flexibility index (Phi) is 3.84. The van der Waals surface area contributed by atoms with Gasteiger partial charge in [-0.3, -0.25) is 0 Å². The molecule has 3 rings (SSSR count). The second kappa shape index (κ2) is 5.93.